The summed E-state index contributed by atoms with van der Waals surface area (Å²) in [5.41, 5.74) is -0.201. The van der Waals surface area contributed by atoms with E-state index in [0.717, 1.165) is 32.5 Å². The summed E-state index contributed by atoms with van der Waals surface area (Å²) in [5.74, 6) is -0.707. The third kappa shape index (κ3) is 2.96. The van der Waals surface area contributed by atoms with Crippen molar-refractivity contribution in [3.8, 4) is 0 Å². The number of hydrogen-bond acceptors (Lipinski definition) is 3. The van der Waals surface area contributed by atoms with Gasteiger partial charge in [0.2, 0.25) is 0 Å². The molecule has 1 unspecified atom stereocenters. The Morgan fingerprint density at radius 1 is 1.64 bits per heavy atom. The molecule has 4 nitrogen and oxygen atoms in total. The fourth-order valence-corrected chi connectivity index (χ4v) is 2.38. The van der Waals surface area contributed by atoms with Crippen LogP contribution >= 0.6 is 0 Å². The van der Waals surface area contributed by atoms with E-state index < -0.39 is 5.97 Å². The number of carbonyl (C=O) groups is 1. The highest BCUT2D eigenvalue weighted by atomic mass is 16.4. The number of rotatable bonds is 4. The molecule has 0 aromatic heterocycles. The fourth-order valence-electron chi connectivity index (χ4n) is 2.38. The molecule has 0 aromatic rings. The second-order valence-corrected chi connectivity index (χ2v) is 4.22. The van der Waals surface area contributed by atoms with Crippen molar-refractivity contribution in [1.29, 1.82) is 0 Å². The average Bonchev–Trinajstić information content (AvgIpc) is 2.02. The largest absolute Gasteiger partial charge is 0.481 e. The standard InChI is InChI=1S/C10H20N2O2/c1-3-11-10(7-9(13)14)5-4-6-12(2)8-10/h11H,3-8H2,1-2H3,(H,13,14). The molecule has 82 valence electrons. The number of carboxylic acid groups (broad SMARTS) is 1. The SMILES string of the molecule is CCNC1(CC(=O)O)CCCN(C)C1. The van der Waals surface area contributed by atoms with Crippen LogP contribution in [0, 0.1) is 0 Å². The Balaban J connectivity index is 2.64. The van der Waals surface area contributed by atoms with Crippen molar-refractivity contribution in [2.24, 2.45) is 0 Å². The van der Waals surface area contributed by atoms with Gasteiger partial charge in [-0.2, -0.15) is 0 Å². The van der Waals surface area contributed by atoms with E-state index in [4.69, 9.17) is 5.11 Å². The molecule has 2 N–H and O–H groups in total. The van der Waals surface area contributed by atoms with Crippen LogP contribution in [-0.4, -0.2) is 48.2 Å². The molecule has 0 amide bonds. The number of likely N-dealkylation sites (N-methyl/N-ethyl adjacent to an activating group) is 2. The molecule has 1 saturated heterocycles. The minimum Gasteiger partial charge on any atom is -0.481 e. The summed E-state index contributed by atoms with van der Waals surface area (Å²) in [5, 5.41) is 12.2. The van der Waals surface area contributed by atoms with Crippen molar-refractivity contribution in [2.75, 3.05) is 26.7 Å². The van der Waals surface area contributed by atoms with Crippen LogP contribution in [0.5, 0.6) is 0 Å². The highest BCUT2D eigenvalue weighted by Gasteiger charge is 2.35. The second kappa shape index (κ2) is 4.75. The summed E-state index contributed by atoms with van der Waals surface area (Å²) in [4.78, 5) is 13.0. The van der Waals surface area contributed by atoms with Crippen molar-refractivity contribution in [1.82, 2.24) is 10.2 Å². The smallest absolute Gasteiger partial charge is 0.305 e. The first-order valence-electron chi connectivity index (χ1n) is 5.23. The molecule has 0 bridgehead atoms. The molecule has 0 spiro atoms. The Hall–Kier alpha value is -0.610. The molecule has 1 heterocycles. The van der Waals surface area contributed by atoms with E-state index in [1.807, 2.05) is 14.0 Å². The quantitative estimate of drug-likeness (QED) is 0.695. The van der Waals surface area contributed by atoms with E-state index in [-0.39, 0.29) is 12.0 Å². The van der Waals surface area contributed by atoms with Crippen LogP contribution in [0.25, 0.3) is 0 Å². The predicted octanol–water partition coefficient (Wildman–Crippen LogP) is 0.535. The van der Waals surface area contributed by atoms with Crippen LogP contribution in [-0.2, 0) is 4.79 Å². The third-order valence-corrected chi connectivity index (χ3v) is 2.81. The molecule has 0 radical (unpaired) electrons. The Labute approximate surface area is 85.3 Å². The minimum atomic E-state index is -0.707. The van der Waals surface area contributed by atoms with Gasteiger partial charge in [0.15, 0.2) is 0 Å². The lowest BCUT2D eigenvalue weighted by Crippen LogP contribution is -2.57. The Morgan fingerprint density at radius 3 is 2.86 bits per heavy atom. The molecule has 0 saturated carbocycles. The number of nitrogens with one attached hydrogen (secondary N) is 1. The number of aliphatic carboxylic acids is 1. The Kier molecular flexibility index (Phi) is 3.89. The molecular weight excluding hydrogens is 180 g/mol. The van der Waals surface area contributed by atoms with Gasteiger partial charge >= 0.3 is 5.97 Å². The highest BCUT2D eigenvalue weighted by Crippen LogP contribution is 2.23. The maximum atomic E-state index is 10.8. The lowest BCUT2D eigenvalue weighted by atomic mass is 9.86. The van der Waals surface area contributed by atoms with E-state index in [9.17, 15) is 4.79 Å². The van der Waals surface area contributed by atoms with Gasteiger partial charge in [-0.15, -0.1) is 0 Å². The van der Waals surface area contributed by atoms with E-state index in [1.165, 1.54) is 0 Å². The van der Waals surface area contributed by atoms with Crippen LogP contribution < -0.4 is 5.32 Å². The van der Waals surface area contributed by atoms with Crippen LogP contribution in [0.1, 0.15) is 26.2 Å². The van der Waals surface area contributed by atoms with Gasteiger partial charge in [0.25, 0.3) is 0 Å². The molecule has 1 aliphatic heterocycles. The molecule has 1 fully saturated rings. The number of carboxylic acids is 1. The lowest BCUT2D eigenvalue weighted by Gasteiger charge is -2.41. The van der Waals surface area contributed by atoms with Gasteiger partial charge in [0, 0.05) is 12.1 Å². The second-order valence-electron chi connectivity index (χ2n) is 4.22. The van der Waals surface area contributed by atoms with E-state index in [2.05, 4.69) is 10.2 Å². The van der Waals surface area contributed by atoms with Gasteiger partial charge in [-0.05, 0) is 33.0 Å². The van der Waals surface area contributed by atoms with Crippen molar-refractivity contribution < 1.29 is 9.90 Å². The van der Waals surface area contributed by atoms with E-state index in [1.54, 1.807) is 0 Å². The van der Waals surface area contributed by atoms with Gasteiger partial charge in [-0.25, -0.2) is 0 Å². The molecule has 0 aliphatic carbocycles. The molecular formula is C10H20N2O2. The van der Waals surface area contributed by atoms with Gasteiger partial charge in [-0.3, -0.25) is 4.79 Å². The minimum absolute atomic E-state index is 0.201. The fraction of sp³-hybridized carbons (Fsp3) is 0.900. The maximum absolute atomic E-state index is 10.8. The maximum Gasteiger partial charge on any atom is 0.305 e. The zero-order chi connectivity index (χ0) is 10.6. The lowest BCUT2D eigenvalue weighted by molar-refractivity contribution is -0.139. The number of likely N-dealkylation sites (tertiary alicyclic amines) is 1. The number of piperidine rings is 1. The van der Waals surface area contributed by atoms with Crippen LogP contribution in [0.3, 0.4) is 0 Å². The van der Waals surface area contributed by atoms with E-state index in [0.29, 0.717) is 0 Å². The molecule has 14 heavy (non-hydrogen) atoms. The van der Waals surface area contributed by atoms with Crippen LogP contribution in [0.2, 0.25) is 0 Å². The Bertz CT molecular complexity index is 204. The van der Waals surface area contributed by atoms with Gasteiger partial charge in [0.1, 0.15) is 0 Å². The van der Waals surface area contributed by atoms with Gasteiger partial charge < -0.3 is 15.3 Å². The Morgan fingerprint density at radius 2 is 2.36 bits per heavy atom. The van der Waals surface area contributed by atoms with Gasteiger partial charge in [0.05, 0.1) is 6.42 Å². The zero-order valence-corrected chi connectivity index (χ0v) is 9.05. The summed E-state index contributed by atoms with van der Waals surface area (Å²) in [6, 6.07) is 0. The summed E-state index contributed by atoms with van der Waals surface area (Å²) >= 11 is 0. The monoisotopic (exact) mass is 200 g/mol. The number of nitrogens with zero attached hydrogens (tertiary/aromatic N) is 1. The van der Waals surface area contributed by atoms with Crippen molar-refractivity contribution in [3.63, 3.8) is 0 Å². The first-order valence-corrected chi connectivity index (χ1v) is 5.23. The first kappa shape index (κ1) is 11.5. The normalized spacial score (nSPS) is 29.0. The van der Waals surface area contributed by atoms with Crippen molar-refractivity contribution in [2.45, 2.75) is 31.7 Å². The summed E-state index contributed by atoms with van der Waals surface area (Å²) in [7, 11) is 2.05. The highest BCUT2D eigenvalue weighted by molar-refractivity contribution is 5.68. The first-order chi connectivity index (χ1) is 6.58. The summed E-state index contributed by atoms with van der Waals surface area (Å²) in [6.07, 6.45) is 2.28. The molecule has 1 atom stereocenters. The van der Waals surface area contributed by atoms with Crippen molar-refractivity contribution in [3.05, 3.63) is 0 Å². The predicted molar refractivity (Wildman–Crippen MR) is 55.4 cm³/mol. The van der Waals surface area contributed by atoms with E-state index >= 15 is 0 Å². The molecule has 0 aromatic carbocycles. The molecule has 4 heteroatoms. The zero-order valence-electron chi connectivity index (χ0n) is 9.05. The topological polar surface area (TPSA) is 52.6 Å². The summed E-state index contributed by atoms with van der Waals surface area (Å²) in [6.45, 7) is 4.78. The molecule has 1 rings (SSSR count). The number of hydrogen-bond donors (Lipinski definition) is 2. The van der Waals surface area contributed by atoms with Crippen LogP contribution in [0.4, 0.5) is 0 Å². The average molecular weight is 200 g/mol. The summed E-state index contributed by atoms with van der Waals surface area (Å²) < 4.78 is 0. The third-order valence-electron chi connectivity index (χ3n) is 2.81. The van der Waals surface area contributed by atoms with Crippen LogP contribution in [0.15, 0.2) is 0 Å². The molecule has 1 aliphatic rings. The van der Waals surface area contributed by atoms with Gasteiger partial charge in [-0.1, -0.05) is 6.92 Å². The van der Waals surface area contributed by atoms with Crippen molar-refractivity contribution >= 4 is 5.97 Å².